The molecule has 0 bridgehead atoms. The molecule has 0 N–H and O–H groups in total. The Labute approximate surface area is 211 Å². The summed E-state index contributed by atoms with van der Waals surface area (Å²) in [6, 6.07) is 17.1. The van der Waals surface area contributed by atoms with Crippen molar-refractivity contribution < 1.29 is 23.7 Å². The number of carbonyl (C=O) groups is 1. The number of ether oxygens (including phenoxy) is 4. The number of carbonyl (C=O) groups excluding carboxylic acids is 1. The topological polar surface area (TPSA) is 54.0 Å². The van der Waals surface area contributed by atoms with Crippen LogP contribution >= 0.6 is 27.3 Å². The summed E-state index contributed by atoms with van der Waals surface area (Å²) >= 11 is 4.92. The molecule has 34 heavy (non-hydrogen) atoms. The minimum Gasteiger partial charge on any atom is -0.493 e. The second-order valence-corrected chi connectivity index (χ2v) is 9.42. The molecular weight excluding hydrogens is 516 g/mol. The standard InChI is InChI=1S/C27H25BrO5S/c1-16-5-10-19-22(15-16)34-27(20-11-12-21(30-2)26(32-4)25(20)31-3)23(19)24(29)17-6-8-18(9-7-17)33-14-13-28/h5-12,15H,13-14H2,1-4H3. The Bertz CT molecular complexity index is 1330. The third-order valence-corrected chi connectivity index (χ3v) is 6.99. The molecule has 0 unspecified atom stereocenters. The van der Waals surface area contributed by atoms with Crippen LogP contribution in [0.2, 0.25) is 0 Å². The highest BCUT2D eigenvalue weighted by molar-refractivity contribution is 9.09. The summed E-state index contributed by atoms with van der Waals surface area (Å²) in [4.78, 5) is 14.7. The second kappa shape index (κ2) is 10.5. The zero-order chi connectivity index (χ0) is 24.2. The molecular formula is C27H25BrO5S. The minimum atomic E-state index is -0.0611. The lowest BCUT2D eigenvalue weighted by Crippen LogP contribution is -2.04. The molecule has 0 aliphatic heterocycles. The smallest absolute Gasteiger partial charge is 0.203 e. The van der Waals surface area contributed by atoms with Gasteiger partial charge in [0.05, 0.1) is 32.8 Å². The predicted octanol–water partition coefficient (Wildman–Crippen LogP) is 6.91. The second-order valence-electron chi connectivity index (χ2n) is 7.58. The van der Waals surface area contributed by atoms with E-state index in [4.69, 9.17) is 18.9 Å². The van der Waals surface area contributed by atoms with Gasteiger partial charge in [-0.2, -0.15) is 0 Å². The lowest BCUT2D eigenvalue weighted by Gasteiger charge is -2.16. The molecule has 0 aliphatic carbocycles. The Morgan fingerprint density at radius 2 is 1.65 bits per heavy atom. The van der Waals surface area contributed by atoms with Crippen LogP contribution in [0.4, 0.5) is 0 Å². The van der Waals surface area contributed by atoms with Crippen molar-refractivity contribution in [2.45, 2.75) is 6.92 Å². The van der Waals surface area contributed by atoms with E-state index in [1.165, 1.54) is 0 Å². The summed E-state index contributed by atoms with van der Waals surface area (Å²) in [6.45, 7) is 2.61. The predicted molar refractivity (Wildman–Crippen MR) is 141 cm³/mol. The number of halogens is 1. The first-order chi connectivity index (χ1) is 16.5. The zero-order valence-electron chi connectivity index (χ0n) is 19.4. The van der Waals surface area contributed by atoms with E-state index in [1.54, 1.807) is 44.8 Å². The van der Waals surface area contributed by atoms with E-state index in [0.29, 0.717) is 35.0 Å². The van der Waals surface area contributed by atoms with Gasteiger partial charge in [-0.15, -0.1) is 11.3 Å². The van der Waals surface area contributed by atoms with Gasteiger partial charge in [-0.05, 0) is 55.0 Å². The van der Waals surface area contributed by atoms with Crippen LogP contribution in [-0.4, -0.2) is 39.0 Å². The van der Waals surface area contributed by atoms with Crippen LogP contribution in [0, 0.1) is 6.92 Å². The van der Waals surface area contributed by atoms with E-state index in [1.807, 2.05) is 43.3 Å². The van der Waals surface area contributed by atoms with Crippen LogP contribution in [0.1, 0.15) is 21.5 Å². The monoisotopic (exact) mass is 540 g/mol. The lowest BCUT2D eigenvalue weighted by molar-refractivity contribution is 0.104. The van der Waals surface area contributed by atoms with Crippen LogP contribution in [-0.2, 0) is 0 Å². The Balaban J connectivity index is 1.91. The van der Waals surface area contributed by atoms with Gasteiger partial charge in [-0.25, -0.2) is 0 Å². The maximum atomic E-state index is 13.9. The molecule has 5 nitrogen and oxygen atoms in total. The molecule has 4 aromatic rings. The van der Waals surface area contributed by atoms with Crippen molar-refractivity contribution in [3.05, 3.63) is 71.3 Å². The summed E-state index contributed by atoms with van der Waals surface area (Å²) in [6.07, 6.45) is 0. The van der Waals surface area contributed by atoms with Gasteiger partial charge in [0.25, 0.3) is 0 Å². The van der Waals surface area contributed by atoms with Crippen LogP contribution in [0.15, 0.2) is 54.6 Å². The van der Waals surface area contributed by atoms with Gasteiger partial charge in [0.2, 0.25) is 5.75 Å². The summed E-state index contributed by atoms with van der Waals surface area (Å²) in [7, 11) is 4.74. The SMILES string of the molecule is COc1ccc(-c2sc3cc(C)ccc3c2C(=O)c2ccc(OCCBr)cc2)c(OC)c1OC. The van der Waals surface area contributed by atoms with E-state index in [2.05, 4.69) is 22.0 Å². The largest absolute Gasteiger partial charge is 0.493 e. The Morgan fingerprint density at radius 1 is 0.912 bits per heavy atom. The molecule has 176 valence electrons. The molecule has 0 radical (unpaired) electrons. The van der Waals surface area contributed by atoms with Crippen molar-refractivity contribution in [3.63, 3.8) is 0 Å². The molecule has 0 fully saturated rings. The van der Waals surface area contributed by atoms with Gasteiger partial charge < -0.3 is 18.9 Å². The molecule has 3 aromatic carbocycles. The molecule has 4 rings (SSSR count). The molecule has 0 amide bonds. The number of hydrogen-bond acceptors (Lipinski definition) is 6. The molecule has 0 aliphatic rings. The summed E-state index contributed by atoms with van der Waals surface area (Å²) in [5, 5.41) is 1.65. The number of thiophene rings is 1. The fourth-order valence-corrected chi connectivity index (χ4v) is 5.38. The van der Waals surface area contributed by atoms with Crippen LogP contribution in [0.5, 0.6) is 23.0 Å². The van der Waals surface area contributed by atoms with Crippen molar-refractivity contribution in [1.29, 1.82) is 0 Å². The fraction of sp³-hybridized carbons (Fsp3) is 0.222. The summed E-state index contributed by atoms with van der Waals surface area (Å²) in [5.41, 5.74) is 3.14. The van der Waals surface area contributed by atoms with E-state index >= 15 is 0 Å². The summed E-state index contributed by atoms with van der Waals surface area (Å²) in [5.74, 6) is 2.24. The van der Waals surface area contributed by atoms with Gasteiger partial charge in [-0.3, -0.25) is 4.79 Å². The minimum absolute atomic E-state index is 0.0611. The van der Waals surface area contributed by atoms with Gasteiger partial charge in [0.15, 0.2) is 17.3 Å². The molecule has 0 atom stereocenters. The molecule has 0 saturated carbocycles. The molecule has 1 aromatic heterocycles. The first-order valence-electron chi connectivity index (χ1n) is 10.7. The Morgan fingerprint density at radius 3 is 2.29 bits per heavy atom. The van der Waals surface area contributed by atoms with Gasteiger partial charge in [0.1, 0.15) is 5.75 Å². The lowest BCUT2D eigenvalue weighted by atomic mass is 9.96. The van der Waals surface area contributed by atoms with Crippen molar-refractivity contribution in [2.75, 3.05) is 33.3 Å². The average Bonchev–Trinajstić information content (AvgIpc) is 3.24. The number of hydrogen-bond donors (Lipinski definition) is 0. The Kier molecular flexibility index (Phi) is 7.44. The number of rotatable bonds is 9. The van der Waals surface area contributed by atoms with Gasteiger partial charge in [0, 0.05) is 32.1 Å². The third-order valence-electron chi connectivity index (χ3n) is 5.48. The number of fused-ring (bicyclic) bond motifs is 1. The maximum Gasteiger partial charge on any atom is 0.203 e. The van der Waals surface area contributed by atoms with E-state index in [0.717, 1.165) is 37.2 Å². The number of aryl methyl sites for hydroxylation is 1. The zero-order valence-corrected chi connectivity index (χ0v) is 21.8. The molecule has 7 heteroatoms. The first kappa shape index (κ1) is 24.1. The molecule has 0 saturated heterocycles. The number of ketones is 1. The highest BCUT2D eigenvalue weighted by Gasteiger charge is 2.26. The van der Waals surface area contributed by atoms with Crippen LogP contribution in [0.25, 0.3) is 20.5 Å². The van der Waals surface area contributed by atoms with Crippen molar-refractivity contribution in [1.82, 2.24) is 0 Å². The van der Waals surface area contributed by atoms with E-state index < -0.39 is 0 Å². The first-order valence-corrected chi connectivity index (χ1v) is 12.6. The van der Waals surface area contributed by atoms with E-state index in [-0.39, 0.29) is 5.78 Å². The third kappa shape index (κ3) is 4.50. The van der Waals surface area contributed by atoms with Crippen molar-refractivity contribution in [2.24, 2.45) is 0 Å². The highest BCUT2D eigenvalue weighted by atomic mass is 79.9. The average molecular weight is 541 g/mol. The molecule has 1 heterocycles. The molecule has 0 spiro atoms. The van der Waals surface area contributed by atoms with Crippen molar-refractivity contribution >= 4 is 43.1 Å². The highest BCUT2D eigenvalue weighted by Crippen LogP contribution is 2.49. The van der Waals surface area contributed by atoms with Crippen LogP contribution < -0.4 is 18.9 Å². The summed E-state index contributed by atoms with van der Waals surface area (Å²) < 4.78 is 23.5. The van der Waals surface area contributed by atoms with Crippen LogP contribution in [0.3, 0.4) is 0 Å². The number of methoxy groups -OCH3 is 3. The van der Waals surface area contributed by atoms with Gasteiger partial charge >= 0.3 is 0 Å². The van der Waals surface area contributed by atoms with Crippen molar-refractivity contribution in [3.8, 4) is 33.4 Å². The maximum absolute atomic E-state index is 13.9. The number of alkyl halides is 1. The number of benzene rings is 3. The Hall–Kier alpha value is -3.03. The quantitative estimate of drug-likeness (QED) is 0.170. The normalized spacial score (nSPS) is 10.9. The fourth-order valence-electron chi connectivity index (χ4n) is 3.90. The van der Waals surface area contributed by atoms with Gasteiger partial charge in [-0.1, -0.05) is 28.1 Å². The van der Waals surface area contributed by atoms with E-state index in [9.17, 15) is 4.79 Å².